The van der Waals surface area contributed by atoms with Gasteiger partial charge in [0.1, 0.15) is 0 Å². The summed E-state index contributed by atoms with van der Waals surface area (Å²) in [6.07, 6.45) is 0.317. The quantitative estimate of drug-likeness (QED) is 0.869. The van der Waals surface area contributed by atoms with Gasteiger partial charge in [0.25, 0.3) is 0 Å². The van der Waals surface area contributed by atoms with Crippen LogP contribution in [0.4, 0.5) is 0 Å². The smallest absolute Gasteiger partial charge is 0.0924 e. The maximum Gasteiger partial charge on any atom is 0.0924 e. The van der Waals surface area contributed by atoms with Crippen LogP contribution >= 0.6 is 11.3 Å². The molecular weight excluding hydrogens is 228 g/mol. The Kier molecular flexibility index (Phi) is 3.65. The van der Waals surface area contributed by atoms with Crippen LogP contribution in [0, 0.1) is 20.8 Å². The molecule has 0 amide bonds. The van der Waals surface area contributed by atoms with Crippen molar-refractivity contribution in [3.8, 4) is 0 Å². The highest BCUT2D eigenvalue weighted by molar-refractivity contribution is 7.12. The van der Waals surface area contributed by atoms with Gasteiger partial charge >= 0.3 is 0 Å². The lowest BCUT2D eigenvalue weighted by molar-refractivity contribution is 0.181. The standard InChI is InChI=1S/C15H18OS/c1-10-4-6-13(7-5-10)9-14(16)15-11(2)8-12(3)17-15/h4-8,14,16H,9H2,1-3H3. The normalized spacial score (nSPS) is 12.7. The molecule has 2 rings (SSSR count). The average molecular weight is 246 g/mol. The van der Waals surface area contributed by atoms with Gasteiger partial charge in [-0.05, 0) is 38.0 Å². The van der Waals surface area contributed by atoms with Crippen LogP contribution in [-0.2, 0) is 6.42 Å². The third kappa shape index (κ3) is 2.96. The number of hydrogen-bond donors (Lipinski definition) is 1. The molecule has 1 nitrogen and oxygen atoms in total. The summed E-state index contributed by atoms with van der Waals surface area (Å²) in [5.74, 6) is 0. The molecule has 1 atom stereocenters. The zero-order valence-electron chi connectivity index (χ0n) is 10.5. The molecule has 0 saturated carbocycles. The summed E-state index contributed by atoms with van der Waals surface area (Å²) in [5.41, 5.74) is 3.65. The monoisotopic (exact) mass is 246 g/mol. The average Bonchev–Trinajstić information content (AvgIpc) is 2.61. The Morgan fingerprint density at radius 2 is 1.76 bits per heavy atom. The number of thiophene rings is 1. The van der Waals surface area contributed by atoms with E-state index in [1.807, 2.05) is 0 Å². The molecule has 17 heavy (non-hydrogen) atoms. The first kappa shape index (κ1) is 12.3. The molecule has 0 radical (unpaired) electrons. The van der Waals surface area contributed by atoms with E-state index >= 15 is 0 Å². The van der Waals surface area contributed by atoms with Crippen LogP contribution in [-0.4, -0.2) is 5.11 Å². The van der Waals surface area contributed by atoms with Gasteiger partial charge in [0.2, 0.25) is 0 Å². The molecular formula is C15H18OS. The summed E-state index contributed by atoms with van der Waals surface area (Å²) in [6.45, 7) is 6.23. The molecule has 0 aliphatic rings. The fourth-order valence-electron chi connectivity index (χ4n) is 2.03. The van der Waals surface area contributed by atoms with Crippen molar-refractivity contribution in [3.63, 3.8) is 0 Å². The molecule has 1 unspecified atom stereocenters. The van der Waals surface area contributed by atoms with Crippen LogP contribution in [0.5, 0.6) is 0 Å². The Morgan fingerprint density at radius 1 is 1.12 bits per heavy atom. The summed E-state index contributed by atoms with van der Waals surface area (Å²) in [7, 11) is 0. The van der Waals surface area contributed by atoms with Gasteiger partial charge in [-0.1, -0.05) is 29.8 Å². The number of benzene rings is 1. The minimum atomic E-state index is -0.378. The van der Waals surface area contributed by atoms with Crippen LogP contribution in [0.3, 0.4) is 0 Å². The van der Waals surface area contributed by atoms with Crippen molar-refractivity contribution >= 4 is 11.3 Å². The summed E-state index contributed by atoms with van der Waals surface area (Å²) in [5, 5.41) is 10.2. The van der Waals surface area contributed by atoms with Crippen LogP contribution < -0.4 is 0 Å². The van der Waals surface area contributed by atoms with Crippen molar-refractivity contribution < 1.29 is 5.11 Å². The summed E-state index contributed by atoms with van der Waals surface area (Å²) in [6, 6.07) is 10.5. The first-order valence-corrected chi connectivity index (χ1v) is 6.68. The molecule has 1 N–H and O–H groups in total. The molecule has 1 heterocycles. The molecule has 1 aromatic carbocycles. The van der Waals surface area contributed by atoms with Crippen molar-refractivity contribution in [1.82, 2.24) is 0 Å². The van der Waals surface area contributed by atoms with Gasteiger partial charge in [0, 0.05) is 16.2 Å². The molecule has 90 valence electrons. The van der Waals surface area contributed by atoms with Gasteiger partial charge in [-0.15, -0.1) is 11.3 Å². The maximum absolute atomic E-state index is 10.2. The number of aliphatic hydroxyl groups excluding tert-OH is 1. The predicted molar refractivity (Wildman–Crippen MR) is 73.6 cm³/mol. The summed E-state index contributed by atoms with van der Waals surface area (Å²) < 4.78 is 0. The van der Waals surface area contributed by atoms with Gasteiger partial charge in [0.15, 0.2) is 0 Å². The summed E-state index contributed by atoms with van der Waals surface area (Å²) in [4.78, 5) is 2.36. The third-order valence-corrected chi connectivity index (χ3v) is 4.19. The molecule has 1 aromatic heterocycles. The molecule has 0 bridgehead atoms. The number of aliphatic hydroxyl groups is 1. The molecule has 2 heteroatoms. The van der Waals surface area contributed by atoms with Crippen LogP contribution in [0.2, 0.25) is 0 Å². The Balaban J connectivity index is 2.14. The lowest BCUT2D eigenvalue weighted by Gasteiger charge is -2.10. The lowest BCUT2D eigenvalue weighted by Crippen LogP contribution is -2.01. The topological polar surface area (TPSA) is 20.2 Å². The van der Waals surface area contributed by atoms with E-state index in [0.717, 1.165) is 4.88 Å². The van der Waals surface area contributed by atoms with E-state index in [-0.39, 0.29) is 6.10 Å². The second-order valence-corrected chi connectivity index (χ2v) is 5.90. The molecule has 0 saturated heterocycles. The highest BCUT2D eigenvalue weighted by Gasteiger charge is 2.13. The Morgan fingerprint density at radius 3 is 2.29 bits per heavy atom. The van der Waals surface area contributed by atoms with Crippen molar-refractivity contribution in [1.29, 1.82) is 0 Å². The van der Waals surface area contributed by atoms with E-state index in [2.05, 4.69) is 51.1 Å². The zero-order chi connectivity index (χ0) is 12.4. The highest BCUT2D eigenvalue weighted by Crippen LogP contribution is 2.29. The molecule has 0 aliphatic carbocycles. The van der Waals surface area contributed by atoms with Crippen LogP contribution in [0.1, 0.15) is 32.5 Å². The number of hydrogen-bond acceptors (Lipinski definition) is 2. The Bertz CT molecular complexity index is 496. The Labute approximate surface area is 107 Å². The van der Waals surface area contributed by atoms with Gasteiger partial charge < -0.3 is 5.11 Å². The summed E-state index contributed by atoms with van der Waals surface area (Å²) >= 11 is 1.69. The Hall–Kier alpha value is -1.12. The van der Waals surface area contributed by atoms with E-state index < -0.39 is 0 Å². The maximum atomic E-state index is 10.2. The van der Waals surface area contributed by atoms with E-state index in [9.17, 15) is 5.11 Å². The van der Waals surface area contributed by atoms with Gasteiger partial charge in [-0.25, -0.2) is 0 Å². The second kappa shape index (κ2) is 5.03. The van der Waals surface area contributed by atoms with Crippen molar-refractivity contribution in [2.45, 2.75) is 33.3 Å². The second-order valence-electron chi connectivity index (χ2n) is 4.61. The first-order valence-electron chi connectivity index (χ1n) is 5.87. The first-order chi connectivity index (χ1) is 8.06. The van der Waals surface area contributed by atoms with Crippen molar-refractivity contribution in [3.05, 3.63) is 56.8 Å². The minimum Gasteiger partial charge on any atom is -0.387 e. The van der Waals surface area contributed by atoms with Gasteiger partial charge in [-0.3, -0.25) is 0 Å². The molecule has 2 aromatic rings. The third-order valence-electron chi connectivity index (χ3n) is 2.93. The zero-order valence-corrected chi connectivity index (χ0v) is 11.3. The van der Waals surface area contributed by atoms with Crippen LogP contribution in [0.25, 0.3) is 0 Å². The fraction of sp³-hybridized carbons (Fsp3) is 0.333. The van der Waals surface area contributed by atoms with Gasteiger partial charge in [-0.2, -0.15) is 0 Å². The van der Waals surface area contributed by atoms with E-state index in [1.54, 1.807) is 11.3 Å². The van der Waals surface area contributed by atoms with E-state index in [0.29, 0.717) is 6.42 Å². The molecule has 0 spiro atoms. The van der Waals surface area contributed by atoms with Crippen molar-refractivity contribution in [2.75, 3.05) is 0 Å². The van der Waals surface area contributed by atoms with E-state index in [1.165, 1.54) is 21.6 Å². The van der Waals surface area contributed by atoms with Crippen molar-refractivity contribution in [2.24, 2.45) is 0 Å². The van der Waals surface area contributed by atoms with Gasteiger partial charge in [0.05, 0.1) is 6.10 Å². The SMILES string of the molecule is Cc1ccc(CC(O)c2sc(C)cc2C)cc1. The molecule has 0 fully saturated rings. The number of aryl methyl sites for hydroxylation is 3. The minimum absolute atomic E-state index is 0.378. The lowest BCUT2D eigenvalue weighted by atomic mass is 10.0. The fourth-order valence-corrected chi connectivity index (χ4v) is 3.05. The molecule has 0 aliphatic heterocycles. The largest absolute Gasteiger partial charge is 0.387 e. The van der Waals surface area contributed by atoms with Crippen LogP contribution in [0.15, 0.2) is 30.3 Å². The number of rotatable bonds is 3. The highest BCUT2D eigenvalue weighted by atomic mass is 32.1. The predicted octanol–water partition coefficient (Wildman–Crippen LogP) is 3.95. The van der Waals surface area contributed by atoms with E-state index in [4.69, 9.17) is 0 Å².